The predicted molar refractivity (Wildman–Crippen MR) is 115 cm³/mol. The standard InChI is InChI=1S/C21H22Cl2N4O/c1-15-19(21(28)27-14-17(23)5-6-20(27)24-15)7-8-25-9-11-26(12-10-25)18-4-2-3-16(22)13-18/h2-6,13-14H,7-12H2,1H3. The summed E-state index contributed by atoms with van der Waals surface area (Å²) in [5.41, 5.74) is 3.33. The van der Waals surface area contributed by atoms with Gasteiger partial charge in [0, 0.05) is 60.9 Å². The van der Waals surface area contributed by atoms with Crippen LogP contribution in [0.2, 0.25) is 10.0 Å². The second-order valence-corrected chi connectivity index (χ2v) is 7.99. The van der Waals surface area contributed by atoms with E-state index in [1.807, 2.05) is 25.1 Å². The molecule has 0 unspecified atom stereocenters. The smallest absolute Gasteiger partial charge is 0.261 e. The summed E-state index contributed by atoms with van der Waals surface area (Å²) in [6.07, 6.45) is 2.32. The Morgan fingerprint density at radius 2 is 1.82 bits per heavy atom. The number of pyridine rings is 1. The van der Waals surface area contributed by atoms with Crippen molar-refractivity contribution in [1.29, 1.82) is 0 Å². The first-order chi connectivity index (χ1) is 13.5. The van der Waals surface area contributed by atoms with Gasteiger partial charge in [-0.3, -0.25) is 14.1 Å². The molecule has 146 valence electrons. The molecule has 0 N–H and O–H groups in total. The molecule has 0 bridgehead atoms. The maximum absolute atomic E-state index is 12.9. The minimum atomic E-state index is -0.0254. The van der Waals surface area contributed by atoms with Crippen LogP contribution in [-0.4, -0.2) is 47.0 Å². The third kappa shape index (κ3) is 4.02. The second kappa shape index (κ2) is 8.11. The molecule has 4 rings (SSSR count). The quantitative estimate of drug-likeness (QED) is 0.650. The van der Waals surface area contributed by atoms with Gasteiger partial charge in [-0.1, -0.05) is 29.3 Å². The van der Waals surface area contributed by atoms with Gasteiger partial charge in [0.15, 0.2) is 0 Å². The summed E-state index contributed by atoms with van der Waals surface area (Å²) in [7, 11) is 0. The molecule has 7 heteroatoms. The normalized spacial score (nSPS) is 15.3. The van der Waals surface area contributed by atoms with E-state index in [4.69, 9.17) is 23.2 Å². The van der Waals surface area contributed by atoms with E-state index in [1.165, 1.54) is 0 Å². The number of aromatic nitrogens is 2. The topological polar surface area (TPSA) is 40.9 Å². The first-order valence-electron chi connectivity index (χ1n) is 9.41. The van der Waals surface area contributed by atoms with Gasteiger partial charge in [0.2, 0.25) is 0 Å². The van der Waals surface area contributed by atoms with Crippen LogP contribution in [0.4, 0.5) is 5.69 Å². The SMILES string of the molecule is Cc1nc2ccc(Cl)cn2c(=O)c1CCN1CCN(c2cccc(Cl)c2)CC1. The summed E-state index contributed by atoms with van der Waals surface area (Å²) < 4.78 is 1.54. The van der Waals surface area contributed by atoms with Crippen LogP contribution in [0.25, 0.3) is 5.65 Å². The molecular weight excluding hydrogens is 395 g/mol. The van der Waals surface area contributed by atoms with Crippen LogP contribution in [0.1, 0.15) is 11.3 Å². The lowest BCUT2D eigenvalue weighted by Crippen LogP contribution is -2.47. The van der Waals surface area contributed by atoms with Gasteiger partial charge in [0.05, 0.1) is 5.02 Å². The van der Waals surface area contributed by atoms with Crippen LogP contribution in [0.5, 0.6) is 0 Å². The molecule has 3 heterocycles. The lowest BCUT2D eigenvalue weighted by Gasteiger charge is -2.36. The first-order valence-corrected chi connectivity index (χ1v) is 10.2. The van der Waals surface area contributed by atoms with Crippen molar-refractivity contribution >= 4 is 34.5 Å². The number of benzene rings is 1. The number of aryl methyl sites for hydroxylation is 1. The Balaban J connectivity index is 1.42. The summed E-state index contributed by atoms with van der Waals surface area (Å²) in [5, 5.41) is 1.29. The van der Waals surface area contributed by atoms with Crippen LogP contribution in [-0.2, 0) is 6.42 Å². The largest absolute Gasteiger partial charge is 0.369 e. The van der Waals surface area contributed by atoms with Gasteiger partial charge in [0.25, 0.3) is 5.56 Å². The van der Waals surface area contributed by atoms with Gasteiger partial charge in [0.1, 0.15) is 5.65 Å². The van der Waals surface area contributed by atoms with Crippen molar-refractivity contribution in [1.82, 2.24) is 14.3 Å². The Hall–Kier alpha value is -2.08. The van der Waals surface area contributed by atoms with Gasteiger partial charge < -0.3 is 4.90 Å². The van der Waals surface area contributed by atoms with Crippen LogP contribution < -0.4 is 10.5 Å². The molecular formula is C21H22Cl2N4O. The van der Waals surface area contributed by atoms with Crippen molar-refractivity contribution in [2.75, 3.05) is 37.6 Å². The van der Waals surface area contributed by atoms with E-state index in [0.29, 0.717) is 17.1 Å². The van der Waals surface area contributed by atoms with Crippen molar-refractivity contribution in [3.8, 4) is 0 Å². The molecule has 1 saturated heterocycles. The Morgan fingerprint density at radius 3 is 2.57 bits per heavy atom. The molecule has 0 spiro atoms. The lowest BCUT2D eigenvalue weighted by molar-refractivity contribution is 0.260. The van der Waals surface area contributed by atoms with Gasteiger partial charge in [-0.2, -0.15) is 0 Å². The molecule has 0 saturated carbocycles. The summed E-state index contributed by atoms with van der Waals surface area (Å²) >= 11 is 12.2. The van der Waals surface area contributed by atoms with E-state index < -0.39 is 0 Å². The summed E-state index contributed by atoms with van der Waals surface area (Å²) in [6.45, 7) is 6.56. The first kappa shape index (κ1) is 19.2. The molecule has 1 aliphatic heterocycles. The minimum Gasteiger partial charge on any atom is -0.369 e. The van der Waals surface area contributed by atoms with Crippen molar-refractivity contribution in [2.24, 2.45) is 0 Å². The van der Waals surface area contributed by atoms with Gasteiger partial charge in [-0.05, 0) is 43.7 Å². The molecule has 0 atom stereocenters. The highest BCUT2D eigenvalue weighted by molar-refractivity contribution is 6.31. The number of hydrogen-bond acceptors (Lipinski definition) is 4. The highest BCUT2D eigenvalue weighted by Crippen LogP contribution is 2.21. The van der Waals surface area contributed by atoms with Crippen molar-refractivity contribution < 1.29 is 0 Å². The second-order valence-electron chi connectivity index (χ2n) is 7.11. The fourth-order valence-corrected chi connectivity index (χ4v) is 4.07. The molecule has 0 radical (unpaired) electrons. The Morgan fingerprint density at radius 1 is 1.04 bits per heavy atom. The number of hydrogen-bond donors (Lipinski definition) is 0. The number of rotatable bonds is 4. The summed E-state index contributed by atoms with van der Waals surface area (Å²) in [5.74, 6) is 0. The van der Waals surface area contributed by atoms with E-state index in [0.717, 1.165) is 54.7 Å². The molecule has 0 aliphatic carbocycles. The fraction of sp³-hybridized carbons (Fsp3) is 0.333. The number of halogens is 2. The highest BCUT2D eigenvalue weighted by atomic mass is 35.5. The minimum absolute atomic E-state index is 0.0254. The average Bonchev–Trinajstić information content (AvgIpc) is 2.69. The van der Waals surface area contributed by atoms with E-state index in [9.17, 15) is 4.79 Å². The molecule has 1 fully saturated rings. The zero-order valence-electron chi connectivity index (χ0n) is 15.7. The third-order valence-corrected chi connectivity index (χ3v) is 5.77. The highest BCUT2D eigenvalue weighted by Gasteiger charge is 2.18. The van der Waals surface area contributed by atoms with Crippen molar-refractivity contribution in [3.63, 3.8) is 0 Å². The van der Waals surface area contributed by atoms with E-state index in [1.54, 1.807) is 22.7 Å². The van der Waals surface area contributed by atoms with Crippen molar-refractivity contribution in [3.05, 3.63) is 74.3 Å². The summed E-state index contributed by atoms with van der Waals surface area (Å²) in [4.78, 5) is 22.2. The zero-order chi connectivity index (χ0) is 19.7. The number of fused-ring (bicyclic) bond motifs is 1. The molecule has 2 aromatic heterocycles. The number of nitrogens with zero attached hydrogens (tertiary/aromatic N) is 4. The lowest BCUT2D eigenvalue weighted by atomic mass is 10.1. The monoisotopic (exact) mass is 416 g/mol. The third-order valence-electron chi connectivity index (χ3n) is 5.31. The van der Waals surface area contributed by atoms with Crippen molar-refractivity contribution in [2.45, 2.75) is 13.3 Å². The predicted octanol–water partition coefficient (Wildman–Crippen LogP) is 3.67. The van der Waals surface area contributed by atoms with Gasteiger partial charge in [-0.25, -0.2) is 4.98 Å². The van der Waals surface area contributed by atoms with E-state index in [2.05, 4.69) is 20.9 Å². The van der Waals surface area contributed by atoms with Gasteiger partial charge in [-0.15, -0.1) is 0 Å². The maximum Gasteiger partial charge on any atom is 0.261 e. The van der Waals surface area contributed by atoms with Crippen LogP contribution in [0, 0.1) is 6.92 Å². The molecule has 0 amide bonds. The Bertz CT molecular complexity index is 1060. The molecule has 1 aromatic carbocycles. The van der Waals surface area contributed by atoms with Crippen LogP contribution >= 0.6 is 23.2 Å². The van der Waals surface area contributed by atoms with E-state index in [-0.39, 0.29) is 5.56 Å². The van der Waals surface area contributed by atoms with E-state index >= 15 is 0 Å². The molecule has 5 nitrogen and oxygen atoms in total. The fourth-order valence-electron chi connectivity index (χ4n) is 3.72. The number of piperazine rings is 1. The maximum atomic E-state index is 12.9. The Kier molecular flexibility index (Phi) is 5.58. The molecule has 3 aromatic rings. The zero-order valence-corrected chi connectivity index (χ0v) is 17.2. The van der Waals surface area contributed by atoms with Gasteiger partial charge >= 0.3 is 0 Å². The number of anilines is 1. The Labute approximate surface area is 174 Å². The average molecular weight is 417 g/mol. The van der Waals surface area contributed by atoms with Crippen LogP contribution in [0.3, 0.4) is 0 Å². The van der Waals surface area contributed by atoms with Crippen LogP contribution in [0.15, 0.2) is 47.4 Å². The molecule has 1 aliphatic rings. The molecule has 28 heavy (non-hydrogen) atoms. The summed E-state index contributed by atoms with van der Waals surface area (Å²) in [6, 6.07) is 11.5.